The summed E-state index contributed by atoms with van der Waals surface area (Å²) in [6, 6.07) is 10.8. The number of amides is 1. The van der Waals surface area contributed by atoms with Crippen molar-refractivity contribution in [3.63, 3.8) is 0 Å². The van der Waals surface area contributed by atoms with Crippen molar-refractivity contribution in [1.82, 2.24) is 4.98 Å². The number of aromatic nitrogens is 1. The number of hydrogen-bond acceptors (Lipinski definition) is 5. The summed E-state index contributed by atoms with van der Waals surface area (Å²) in [6.07, 6.45) is 1.58. The highest BCUT2D eigenvalue weighted by molar-refractivity contribution is 7.14. The van der Waals surface area contributed by atoms with E-state index in [0.717, 1.165) is 0 Å². The number of rotatable bonds is 5. The summed E-state index contributed by atoms with van der Waals surface area (Å²) in [6.45, 7) is 3.84. The molecule has 1 N–H and O–H groups in total. The van der Waals surface area contributed by atoms with E-state index >= 15 is 0 Å². The average molecular weight is 328 g/mol. The van der Waals surface area contributed by atoms with Gasteiger partial charge in [-0.25, -0.2) is 4.98 Å². The van der Waals surface area contributed by atoms with Crippen LogP contribution in [-0.4, -0.2) is 17.0 Å². The Hall–Kier alpha value is -2.60. The molecule has 0 aliphatic heterocycles. The molecule has 1 aromatic carbocycles. The molecule has 0 saturated heterocycles. The minimum atomic E-state index is -0.249. The van der Waals surface area contributed by atoms with Crippen molar-refractivity contribution in [2.45, 2.75) is 20.0 Å². The number of para-hydroxylation sites is 1. The molecule has 2 heterocycles. The lowest BCUT2D eigenvalue weighted by Crippen LogP contribution is -2.15. The summed E-state index contributed by atoms with van der Waals surface area (Å²) in [7, 11) is 0. The van der Waals surface area contributed by atoms with Gasteiger partial charge in [-0.15, -0.1) is 11.3 Å². The highest BCUT2D eigenvalue weighted by Gasteiger charge is 2.15. The number of hydrogen-bond donors (Lipinski definition) is 1. The molecule has 0 unspecified atom stereocenters. The van der Waals surface area contributed by atoms with Crippen LogP contribution in [0.25, 0.3) is 11.5 Å². The summed E-state index contributed by atoms with van der Waals surface area (Å²) in [4.78, 5) is 16.8. The standard InChI is InChI=1S/C17H16N2O3S/c1-11(2)22-14-7-4-3-6-12(14)16(20)19-17-18-13(10-23-17)15-8-5-9-21-15/h3-11H,1-2H3,(H,18,19,20). The summed E-state index contributed by atoms with van der Waals surface area (Å²) in [5.74, 6) is 0.981. The first-order chi connectivity index (χ1) is 11.1. The van der Waals surface area contributed by atoms with E-state index in [1.807, 2.05) is 31.4 Å². The van der Waals surface area contributed by atoms with Crippen LogP contribution in [0, 0.1) is 0 Å². The van der Waals surface area contributed by atoms with E-state index in [9.17, 15) is 4.79 Å². The van der Waals surface area contributed by atoms with Crippen molar-refractivity contribution in [2.24, 2.45) is 0 Å². The normalized spacial score (nSPS) is 10.7. The maximum absolute atomic E-state index is 12.5. The van der Waals surface area contributed by atoms with Gasteiger partial charge in [-0.05, 0) is 38.1 Å². The second-order valence-electron chi connectivity index (χ2n) is 5.13. The van der Waals surface area contributed by atoms with Crippen molar-refractivity contribution in [3.05, 3.63) is 53.6 Å². The first kappa shape index (κ1) is 15.3. The summed E-state index contributed by atoms with van der Waals surface area (Å²) < 4.78 is 11.0. The van der Waals surface area contributed by atoms with Gasteiger partial charge in [0.05, 0.1) is 17.9 Å². The molecular formula is C17H16N2O3S. The van der Waals surface area contributed by atoms with Gasteiger partial charge < -0.3 is 9.15 Å². The van der Waals surface area contributed by atoms with Crippen molar-refractivity contribution in [1.29, 1.82) is 0 Å². The topological polar surface area (TPSA) is 64.4 Å². The summed E-state index contributed by atoms with van der Waals surface area (Å²) in [5.41, 5.74) is 1.18. The zero-order chi connectivity index (χ0) is 16.2. The molecule has 0 saturated carbocycles. The van der Waals surface area contributed by atoms with Crippen LogP contribution >= 0.6 is 11.3 Å². The van der Waals surface area contributed by atoms with E-state index in [-0.39, 0.29) is 12.0 Å². The number of carbonyl (C=O) groups is 1. The van der Waals surface area contributed by atoms with Gasteiger partial charge in [-0.1, -0.05) is 12.1 Å². The summed E-state index contributed by atoms with van der Waals surface area (Å²) in [5, 5.41) is 5.15. The second-order valence-corrected chi connectivity index (χ2v) is 5.99. The SMILES string of the molecule is CC(C)Oc1ccccc1C(=O)Nc1nc(-c2ccco2)cs1. The molecule has 0 bridgehead atoms. The third-order valence-corrected chi connectivity index (χ3v) is 3.75. The molecule has 0 spiro atoms. The van der Waals surface area contributed by atoms with Gasteiger partial charge in [-0.3, -0.25) is 10.1 Å². The van der Waals surface area contributed by atoms with Gasteiger partial charge >= 0.3 is 0 Å². The van der Waals surface area contributed by atoms with Crippen molar-refractivity contribution in [3.8, 4) is 17.2 Å². The highest BCUT2D eigenvalue weighted by Crippen LogP contribution is 2.26. The fraction of sp³-hybridized carbons (Fsp3) is 0.176. The Morgan fingerprint density at radius 2 is 2.09 bits per heavy atom. The van der Waals surface area contributed by atoms with E-state index in [1.54, 1.807) is 30.5 Å². The lowest BCUT2D eigenvalue weighted by molar-refractivity contribution is 0.102. The number of furan rings is 1. The van der Waals surface area contributed by atoms with Crippen LogP contribution in [-0.2, 0) is 0 Å². The minimum Gasteiger partial charge on any atom is -0.490 e. The monoisotopic (exact) mass is 328 g/mol. The fourth-order valence-corrected chi connectivity index (χ4v) is 2.74. The van der Waals surface area contributed by atoms with Gasteiger partial charge in [0, 0.05) is 5.38 Å². The largest absolute Gasteiger partial charge is 0.490 e. The lowest BCUT2D eigenvalue weighted by Gasteiger charge is -2.13. The van der Waals surface area contributed by atoms with Crippen LogP contribution in [0.1, 0.15) is 24.2 Å². The summed E-state index contributed by atoms with van der Waals surface area (Å²) >= 11 is 1.35. The first-order valence-electron chi connectivity index (χ1n) is 7.20. The van der Waals surface area contributed by atoms with E-state index < -0.39 is 0 Å². The maximum Gasteiger partial charge on any atom is 0.261 e. The predicted octanol–water partition coefficient (Wildman–Crippen LogP) is 4.44. The van der Waals surface area contributed by atoms with Gasteiger partial charge in [0.1, 0.15) is 11.4 Å². The molecule has 0 fully saturated rings. The molecule has 23 heavy (non-hydrogen) atoms. The van der Waals surface area contributed by atoms with Crippen LogP contribution in [0.15, 0.2) is 52.5 Å². The molecule has 118 valence electrons. The maximum atomic E-state index is 12.5. The molecule has 0 aliphatic rings. The molecule has 0 aliphatic carbocycles. The fourth-order valence-electron chi connectivity index (χ4n) is 2.04. The zero-order valence-electron chi connectivity index (χ0n) is 12.8. The number of anilines is 1. The van der Waals surface area contributed by atoms with E-state index in [0.29, 0.717) is 27.9 Å². The Morgan fingerprint density at radius 1 is 1.26 bits per heavy atom. The smallest absolute Gasteiger partial charge is 0.261 e. The molecule has 1 amide bonds. The van der Waals surface area contributed by atoms with Crippen LogP contribution in [0.5, 0.6) is 5.75 Å². The molecule has 3 rings (SSSR count). The molecule has 5 nitrogen and oxygen atoms in total. The van der Waals surface area contributed by atoms with Crippen molar-refractivity contribution < 1.29 is 13.9 Å². The van der Waals surface area contributed by atoms with E-state index in [4.69, 9.17) is 9.15 Å². The number of thiazole rings is 1. The van der Waals surface area contributed by atoms with Gasteiger partial charge in [0.25, 0.3) is 5.91 Å². The molecule has 0 atom stereocenters. The number of ether oxygens (including phenoxy) is 1. The van der Waals surface area contributed by atoms with Crippen LogP contribution < -0.4 is 10.1 Å². The second kappa shape index (κ2) is 6.66. The van der Waals surface area contributed by atoms with Crippen molar-refractivity contribution in [2.75, 3.05) is 5.32 Å². The third kappa shape index (κ3) is 3.60. The van der Waals surface area contributed by atoms with Gasteiger partial charge in [0.15, 0.2) is 10.9 Å². The molecular weight excluding hydrogens is 312 g/mol. The van der Waals surface area contributed by atoms with Crippen molar-refractivity contribution >= 4 is 22.4 Å². The first-order valence-corrected chi connectivity index (χ1v) is 8.08. The predicted molar refractivity (Wildman–Crippen MR) is 90.0 cm³/mol. The van der Waals surface area contributed by atoms with Crippen LogP contribution in [0.4, 0.5) is 5.13 Å². The number of nitrogens with zero attached hydrogens (tertiary/aromatic N) is 1. The Kier molecular flexibility index (Phi) is 4.43. The van der Waals surface area contributed by atoms with Crippen LogP contribution in [0.2, 0.25) is 0 Å². The quantitative estimate of drug-likeness (QED) is 0.752. The molecule has 2 aromatic heterocycles. The van der Waals surface area contributed by atoms with Crippen LogP contribution in [0.3, 0.4) is 0 Å². The number of carbonyl (C=O) groups excluding carboxylic acids is 1. The average Bonchev–Trinajstić information content (AvgIpc) is 3.17. The Bertz CT molecular complexity index is 794. The molecule has 6 heteroatoms. The highest BCUT2D eigenvalue weighted by atomic mass is 32.1. The van der Waals surface area contributed by atoms with E-state index in [1.165, 1.54) is 11.3 Å². The lowest BCUT2D eigenvalue weighted by atomic mass is 10.2. The number of benzene rings is 1. The Balaban J connectivity index is 1.77. The Labute approximate surface area is 137 Å². The number of nitrogens with one attached hydrogen (secondary N) is 1. The van der Waals surface area contributed by atoms with E-state index in [2.05, 4.69) is 10.3 Å². The molecule has 3 aromatic rings. The third-order valence-electron chi connectivity index (χ3n) is 2.99. The zero-order valence-corrected chi connectivity index (χ0v) is 13.6. The van der Waals surface area contributed by atoms with Gasteiger partial charge in [-0.2, -0.15) is 0 Å². The molecule has 0 radical (unpaired) electrons. The minimum absolute atomic E-state index is 0.00521. The van der Waals surface area contributed by atoms with Gasteiger partial charge in [0.2, 0.25) is 0 Å². The Morgan fingerprint density at radius 3 is 2.83 bits per heavy atom.